The molecule has 1 atom stereocenters. The van der Waals surface area contributed by atoms with Gasteiger partial charge in [0.05, 0.1) is 12.7 Å². The smallest absolute Gasteiger partial charge is 0.115 e. The van der Waals surface area contributed by atoms with Gasteiger partial charge in [-0.2, -0.15) is 0 Å². The lowest BCUT2D eigenvalue weighted by molar-refractivity contribution is 0.0541. The van der Waals surface area contributed by atoms with Gasteiger partial charge in [-0.15, -0.1) is 0 Å². The zero-order chi connectivity index (χ0) is 9.80. The summed E-state index contributed by atoms with van der Waals surface area (Å²) in [4.78, 5) is 0. The summed E-state index contributed by atoms with van der Waals surface area (Å²) in [5.74, 6) is 0.302. The molecule has 0 aliphatic carbocycles. The predicted octanol–water partition coefficient (Wildman–Crippen LogP) is 1.27. The lowest BCUT2D eigenvalue weighted by Crippen LogP contribution is -2.16. The fourth-order valence-electron chi connectivity index (χ4n) is 1.63. The molecule has 1 fully saturated rings. The molecule has 76 valence electrons. The molecule has 1 aliphatic heterocycles. The van der Waals surface area contributed by atoms with Gasteiger partial charge in [-0.3, -0.25) is 0 Å². The molecule has 0 aromatic heterocycles. The molecule has 1 unspecified atom stereocenters. The Hall–Kier alpha value is -1.06. The maximum atomic E-state index is 9.24. The van der Waals surface area contributed by atoms with Crippen LogP contribution in [0.2, 0.25) is 0 Å². The highest BCUT2D eigenvalue weighted by molar-refractivity contribution is 5.26. The molecule has 1 heterocycles. The number of hydrogen-bond acceptors (Lipinski definition) is 3. The van der Waals surface area contributed by atoms with E-state index in [9.17, 15) is 5.11 Å². The highest BCUT2D eigenvalue weighted by Crippen LogP contribution is 2.13. The van der Waals surface area contributed by atoms with E-state index in [0.717, 1.165) is 25.1 Å². The third-order valence-electron chi connectivity index (χ3n) is 2.41. The molecule has 1 aromatic carbocycles. The van der Waals surface area contributed by atoms with Crippen LogP contribution in [0.15, 0.2) is 24.3 Å². The third kappa shape index (κ3) is 2.47. The molecule has 2 rings (SSSR count). The Kier molecular flexibility index (Phi) is 3.01. The molecule has 0 bridgehead atoms. The maximum Gasteiger partial charge on any atom is 0.115 e. The Bertz CT molecular complexity index is 295. The molecule has 0 saturated carbocycles. The van der Waals surface area contributed by atoms with Gasteiger partial charge < -0.3 is 15.2 Å². The molecule has 3 nitrogen and oxygen atoms in total. The molecule has 1 aromatic rings. The fraction of sp³-hybridized carbons (Fsp3) is 0.455. The number of aromatic hydroxyl groups is 1. The summed E-state index contributed by atoms with van der Waals surface area (Å²) in [6, 6.07) is 7.20. The molecule has 2 N–H and O–H groups in total. The van der Waals surface area contributed by atoms with Crippen molar-refractivity contribution in [2.45, 2.75) is 19.1 Å². The topological polar surface area (TPSA) is 41.5 Å². The molecule has 14 heavy (non-hydrogen) atoms. The molecule has 1 aliphatic rings. The van der Waals surface area contributed by atoms with Crippen LogP contribution in [-0.4, -0.2) is 24.3 Å². The molecular formula is C11H15NO2. The minimum atomic E-state index is 0.302. The first-order valence-electron chi connectivity index (χ1n) is 4.95. The summed E-state index contributed by atoms with van der Waals surface area (Å²) in [6.07, 6.45) is 1.41. The molecule has 0 amide bonds. The summed E-state index contributed by atoms with van der Waals surface area (Å²) < 4.78 is 5.67. The molecule has 3 heteroatoms. The number of rotatable bonds is 3. The fourth-order valence-corrected chi connectivity index (χ4v) is 1.63. The van der Waals surface area contributed by atoms with E-state index in [-0.39, 0.29) is 0 Å². The Morgan fingerprint density at radius 1 is 1.50 bits per heavy atom. The van der Waals surface area contributed by atoms with Gasteiger partial charge in [-0.25, -0.2) is 0 Å². The standard InChI is InChI=1S/C11H15NO2/c13-10-3-1-2-9(6-10)8-14-11-4-5-12-7-11/h1-3,6,11-13H,4-5,7-8H2. The molecular weight excluding hydrogens is 178 g/mol. The Balaban J connectivity index is 1.85. The van der Waals surface area contributed by atoms with Crippen LogP contribution in [0.1, 0.15) is 12.0 Å². The van der Waals surface area contributed by atoms with Crippen LogP contribution < -0.4 is 5.32 Å². The maximum absolute atomic E-state index is 9.24. The van der Waals surface area contributed by atoms with Crippen molar-refractivity contribution < 1.29 is 9.84 Å². The van der Waals surface area contributed by atoms with Crippen LogP contribution in [-0.2, 0) is 11.3 Å². The number of benzene rings is 1. The number of phenolic OH excluding ortho intramolecular Hbond substituents is 1. The zero-order valence-electron chi connectivity index (χ0n) is 8.07. The second kappa shape index (κ2) is 4.44. The van der Waals surface area contributed by atoms with Crippen molar-refractivity contribution in [3.63, 3.8) is 0 Å². The van der Waals surface area contributed by atoms with Crippen molar-refractivity contribution in [2.24, 2.45) is 0 Å². The largest absolute Gasteiger partial charge is 0.508 e. The summed E-state index contributed by atoms with van der Waals surface area (Å²) in [5, 5.41) is 12.5. The van der Waals surface area contributed by atoms with Crippen LogP contribution in [0.5, 0.6) is 5.75 Å². The Morgan fingerprint density at radius 3 is 3.14 bits per heavy atom. The van der Waals surface area contributed by atoms with E-state index >= 15 is 0 Å². The van der Waals surface area contributed by atoms with Crippen LogP contribution in [0, 0.1) is 0 Å². The lowest BCUT2D eigenvalue weighted by Gasteiger charge is -2.10. The number of nitrogens with one attached hydrogen (secondary N) is 1. The normalized spacial score (nSPS) is 21.3. The van der Waals surface area contributed by atoms with Crippen molar-refractivity contribution in [1.29, 1.82) is 0 Å². The zero-order valence-corrected chi connectivity index (χ0v) is 8.07. The first-order chi connectivity index (χ1) is 6.84. The average molecular weight is 193 g/mol. The second-order valence-electron chi connectivity index (χ2n) is 3.60. The van der Waals surface area contributed by atoms with Gasteiger partial charge in [-0.1, -0.05) is 12.1 Å². The van der Waals surface area contributed by atoms with Crippen molar-refractivity contribution in [3.05, 3.63) is 29.8 Å². The van der Waals surface area contributed by atoms with Gasteiger partial charge >= 0.3 is 0 Å². The predicted molar refractivity (Wildman–Crippen MR) is 54.2 cm³/mol. The monoisotopic (exact) mass is 193 g/mol. The van der Waals surface area contributed by atoms with Crippen molar-refractivity contribution in [1.82, 2.24) is 5.32 Å². The van der Waals surface area contributed by atoms with E-state index in [0.29, 0.717) is 18.5 Å². The van der Waals surface area contributed by atoms with Crippen LogP contribution in [0.4, 0.5) is 0 Å². The second-order valence-corrected chi connectivity index (χ2v) is 3.60. The summed E-state index contributed by atoms with van der Waals surface area (Å²) in [6.45, 7) is 2.57. The van der Waals surface area contributed by atoms with E-state index in [2.05, 4.69) is 5.32 Å². The van der Waals surface area contributed by atoms with Crippen molar-refractivity contribution in [3.8, 4) is 5.75 Å². The molecule has 1 saturated heterocycles. The SMILES string of the molecule is Oc1cccc(COC2CCNC2)c1. The van der Waals surface area contributed by atoms with Gasteiger partial charge in [-0.05, 0) is 30.7 Å². The molecule has 0 radical (unpaired) electrons. The minimum absolute atomic E-state index is 0.302. The number of ether oxygens (including phenoxy) is 1. The minimum Gasteiger partial charge on any atom is -0.508 e. The van der Waals surface area contributed by atoms with E-state index in [1.807, 2.05) is 12.1 Å². The Labute approximate surface area is 83.7 Å². The highest BCUT2D eigenvalue weighted by Gasteiger charge is 2.14. The number of hydrogen-bond donors (Lipinski definition) is 2. The third-order valence-corrected chi connectivity index (χ3v) is 2.41. The first kappa shape index (κ1) is 9.49. The van der Waals surface area contributed by atoms with Crippen LogP contribution in [0.25, 0.3) is 0 Å². The van der Waals surface area contributed by atoms with Gasteiger partial charge in [0.2, 0.25) is 0 Å². The lowest BCUT2D eigenvalue weighted by atomic mass is 10.2. The van der Waals surface area contributed by atoms with Crippen LogP contribution in [0.3, 0.4) is 0 Å². The van der Waals surface area contributed by atoms with Gasteiger partial charge in [0.25, 0.3) is 0 Å². The Morgan fingerprint density at radius 2 is 2.43 bits per heavy atom. The number of phenols is 1. The van der Waals surface area contributed by atoms with Crippen molar-refractivity contribution >= 4 is 0 Å². The van der Waals surface area contributed by atoms with Gasteiger partial charge in [0.1, 0.15) is 5.75 Å². The highest BCUT2D eigenvalue weighted by atomic mass is 16.5. The summed E-state index contributed by atoms with van der Waals surface area (Å²) >= 11 is 0. The average Bonchev–Trinajstić information content (AvgIpc) is 2.67. The van der Waals surface area contributed by atoms with Crippen molar-refractivity contribution in [2.75, 3.05) is 13.1 Å². The van der Waals surface area contributed by atoms with E-state index < -0.39 is 0 Å². The molecule has 0 spiro atoms. The van der Waals surface area contributed by atoms with E-state index in [4.69, 9.17) is 4.74 Å². The van der Waals surface area contributed by atoms with Gasteiger partial charge in [0.15, 0.2) is 0 Å². The van der Waals surface area contributed by atoms with Gasteiger partial charge in [0, 0.05) is 6.54 Å². The first-order valence-corrected chi connectivity index (χ1v) is 4.95. The van der Waals surface area contributed by atoms with Crippen LogP contribution >= 0.6 is 0 Å². The quantitative estimate of drug-likeness (QED) is 0.759. The van der Waals surface area contributed by atoms with E-state index in [1.165, 1.54) is 0 Å². The summed E-state index contributed by atoms with van der Waals surface area (Å²) in [7, 11) is 0. The summed E-state index contributed by atoms with van der Waals surface area (Å²) in [5.41, 5.74) is 1.02. The van der Waals surface area contributed by atoms with E-state index in [1.54, 1.807) is 12.1 Å².